The summed E-state index contributed by atoms with van der Waals surface area (Å²) in [5, 5.41) is 0. The predicted octanol–water partition coefficient (Wildman–Crippen LogP) is 11.1. The van der Waals surface area contributed by atoms with E-state index in [0.29, 0.717) is 34.8 Å². The smallest absolute Gasteiger partial charge is 0.193 e. The highest BCUT2D eigenvalue weighted by atomic mass is 16.1. The zero-order chi connectivity index (χ0) is 34.1. The lowest BCUT2D eigenvalue weighted by Gasteiger charge is -2.22. The average molecular weight is 635 g/mol. The lowest BCUT2D eigenvalue weighted by molar-refractivity contribution is 0.103. The van der Waals surface area contributed by atoms with Gasteiger partial charge in [0.25, 0.3) is 0 Å². The van der Waals surface area contributed by atoms with Crippen molar-refractivity contribution in [2.45, 2.75) is 79.1 Å². The Kier molecular flexibility index (Phi) is 9.32. The van der Waals surface area contributed by atoms with Gasteiger partial charge in [0.15, 0.2) is 5.78 Å². The predicted molar refractivity (Wildman–Crippen MR) is 198 cm³/mol. The maximum absolute atomic E-state index is 13.7. The van der Waals surface area contributed by atoms with Crippen LogP contribution in [0, 0.1) is 0 Å². The Labute approximate surface area is 285 Å². The minimum atomic E-state index is -0.0146. The van der Waals surface area contributed by atoms with Gasteiger partial charge in [0.1, 0.15) is 11.6 Å². The number of benzene rings is 4. The Morgan fingerprint density at radius 1 is 0.479 bits per heavy atom. The molecule has 0 aliphatic heterocycles. The molecule has 0 saturated carbocycles. The van der Waals surface area contributed by atoms with Gasteiger partial charge < -0.3 is 0 Å². The molecule has 0 amide bonds. The minimum absolute atomic E-state index is 0.0146. The van der Waals surface area contributed by atoms with Crippen LogP contribution in [-0.2, 0) is 0 Å². The lowest BCUT2D eigenvalue weighted by Crippen LogP contribution is -2.08. The van der Waals surface area contributed by atoms with Crippen LogP contribution in [0.5, 0.6) is 0 Å². The number of para-hydroxylation sites is 2. The van der Waals surface area contributed by atoms with Gasteiger partial charge in [0.05, 0.1) is 11.4 Å². The number of nitrogens with zero attached hydrogens (tertiary/aromatic N) is 4. The molecule has 0 atom stereocenters. The molecule has 0 bridgehead atoms. The zero-order valence-electron chi connectivity index (χ0n) is 29.4. The molecule has 6 aromatic rings. The zero-order valence-corrected chi connectivity index (χ0v) is 29.4. The highest BCUT2D eigenvalue weighted by Gasteiger charge is 2.21. The second-order valence-electron chi connectivity index (χ2n) is 13.9. The number of imidazole rings is 2. The van der Waals surface area contributed by atoms with E-state index in [1.807, 2.05) is 73.3 Å². The first kappa shape index (κ1) is 32.9. The van der Waals surface area contributed by atoms with Gasteiger partial charge in [-0.15, -0.1) is 0 Å². The number of carbonyl (C=O) groups excluding carboxylic acids is 1. The summed E-state index contributed by atoms with van der Waals surface area (Å²) in [6.45, 7) is 17.9. The second-order valence-corrected chi connectivity index (χ2v) is 13.9. The Balaban J connectivity index is 1.28. The summed E-state index contributed by atoms with van der Waals surface area (Å²) >= 11 is 0. The number of hydrogen-bond acceptors (Lipinski definition) is 3. The Morgan fingerprint density at radius 3 is 1.08 bits per heavy atom. The molecule has 48 heavy (non-hydrogen) atoms. The van der Waals surface area contributed by atoms with Crippen molar-refractivity contribution in [2.75, 3.05) is 0 Å². The first-order valence-electron chi connectivity index (χ1n) is 17.1. The summed E-state index contributed by atoms with van der Waals surface area (Å²) in [5.74, 6) is 3.19. The van der Waals surface area contributed by atoms with E-state index in [1.54, 1.807) is 0 Å². The SMILES string of the molecule is CC(C)c1cccc(C(C)C)c1-n1ccnc1-c1ccc(C(=O)c2ccc(-c3nccn3-c3c(C(C)C)cccc3C(C)C)cc2)cc1. The third-order valence-electron chi connectivity index (χ3n) is 9.26. The van der Waals surface area contributed by atoms with Crippen LogP contribution in [0.25, 0.3) is 34.2 Å². The molecule has 244 valence electrons. The molecule has 0 fully saturated rings. The van der Waals surface area contributed by atoms with E-state index in [4.69, 9.17) is 9.97 Å². The van der Waals surface area contributed by atoms with Crippen molar-refractivity contribution in [3.05, 3.63) is 143 Å². The topological polar surface area (TPSA) is 52.7 Å². The number of carbonyl (C=O) groups is 1. The van der Waals surface area contributed by atoms with E-state index in [2.05, 4.69) is 101 Å². The van der Waals surface area contributed by atoms with Crippen LogP contribution < -0.4 is 0 Å². The van der Waals surface area contributed by atoms with Crippen LogP contribution in [0.2, 0.25) is 0 Å². The maximum Gasteiger partial charge on any atom is 0.193 e. The fraction of sp³-hybridized carbons (Fsp3) is 0.279. The van der Waals surface area contributed by atoms with Gasteiger partial charge in [0, 0.05) is 47.0 Å². The molecule has 0 spiro atoms. The number of rotatable bonds is 10. The molecule has 0 aliphatic rings. The highest BCUT2D eigenvalue weighted by Crippen LogP contribution is 2.35. The van der Waals surface area contributed by atoms with E-state index < -0.39 is 0 Å². The molecule has 0 saturated heterocycles. The average Bonchev–Trinajstić information content (AvgIpc) is 3.78. The molecule has 2 aromatic heterocycles. The molecule has 0 aliphatic carbocycles. The summed E-state index contributed by atoms with van der Waals surface area (Å²) in [4.78, 5) is 23.2. The Hall–Kier alpha value is -5.03. The third-order valence-corrected chi connectivity index (χ3v) is 9.26. The van der Waals surface area contributed by atoms with Crippen molar-refractivity contribution >= 4 is 5.78 Å². The minimum Gasteiger partial charge on any atom is -0.299 e. The lowest BCUT2D eigenvalue weighted by atomic mass is 9.92. The molecule has 2 heterocycles. The van der Waals surface area contributed by atoms with Crippen LogP contribution in [0.4, 0.5) is 0 Å². The molecule has 5 nitrogen and oxygen atoms in total. The van der Waals surface area contributed by atoms with Crippen molar-refractivity contribution in [3.63, 3.8) is 0 Å². The summed E-state index contributed by atoms with van der Waals surface area (Å²) in [5.41, 5.74) is 10.8. The van der Waals surface area contributed by atoms with Crippen LogP contribution in [0.1, 0.15) is 117 Å². The van der Waals surface area contributed by atoms with E-state index in [1.165, 1.54) is 33.6 Å². The van der Waals surface area contributed by atoms with Crippen molar-refractivity contribution in [2.24, 2.45) is 0 Å². The number of aromatic nitrogens is 4. The molecular weight excluding hydrogens is 589 g/mol. The Morgan fingerprint density at radius 2 is 0.792 bits per heavy atom. The third kappa shape index (κ3) is 6.17. The molecule has 0 N–H and O–H groups in total. The van der Waals surface area contributed by atoms with E-state index in [-0.39, 0.29) is 5.78 Å². The number of hydrogen-bond donors (Lipinski definition) is 0. The normalized spacial score (nSPS) is 11.8. The summed E-state index contributed by atoms with van der Waals surface area (Å²) < 4.78 is 4.40. The van der Waals surface area contributed by atoms with Gasteiger partial charge in [-0.25, -0.2) is 9.97 Å². The molecule has 5 heteroatoms. The monoisotopic (exact) mass is 634 g/mol. The fourth-order valence-corrected chi connectivity index (χ4v) is 6.68. The van der Waals surface area contributed by atoms with Gasteiger partial charge in [-0.2, -0.15) is 0 Å². The second kappa shape index (κ2) is 13.6. The van der Waals surface area contributed by atoms with Crippen molar-refractivity contribution in [1.82, 2.24) is 19.1 Å². The van der Waals surface area contributed by atoms with Crippen LogP contribution in [0.15, 0.2) is 110 Å². The van der Waals surface area contributed by atoms with Crippen LogP contribution in [0.3, 0.4) is 0 Å². The van der Waals surface area contributed by atoms with Crippen LogP contribution in [-0.4, -0.2) is 24.9 Å². The van der Waals surface area contributed by atoms with Gasteiger partial charge in [-0.05, 0) is 45.9 Å². The molecule has 0 radical (unpaired) electrons. The first-order valence-corrected chi connectivity index (χ1v) is 17.1. The molecule has 4 aromatic carbocycles. The van der Waals surface area contributed by atoms with E-state index >= 15 is 0 Å². The summed E-state index contributed by atoms with van der Waals surface area (Å²) in [6, 6.07) is 28.8. The van der Waals surface area contributed by atoms with E-state index in [9.17, 15) is 4.79 Å². The molecular formula is C43H46N4O. The first-order chi connectivity index (χ1) is 23.1. The fourth-order valence-electron chi connectivity index (χ4n) is 6.68. The van der Waals surface area contributed by atoms with Crippen molar-refractivity contribution in [3.8, 4) is 34.2 Å². The largest absolute Gasteiger partial charge is 0.299 e. The molecule has 6 rings (SSSR count). The van der Waals surface area contributed by atoms with Crippen molar-refractivity contribution in [1.29, 1.82) is 0 Å². The quantitative estimate of drug-likeness (QED) is 0.141. The van der Waals surface area contributed by atoms with Gasteiger partial charge >= 0.3 is 0 Å². The summed E-state index contributed by atoms with van der Waals surface area (Å²) in [6.07, 6.45) is 7.79. The number of ketones is 1. The maximum atomic E-state index is 13.7. The van der Waals surface area contributed by atoms with Crippen LogP contribution >= 0.6 is 0 Å². The van der Waals surface area contributed by atoms with Gasteiger partial charge in [-0.3, -0.25) is 13.9 Å². The van der Waals surface area contributed by atoms with Gasteiger partial charge in [-0.1, -0.05) is 140 Å². The Bertz CT molecular complexity index is 1840. The molecule has 0 unspecified atom stereocenters. The van der Waals surface area contributed by atoms with E-state index in [0.717, 1.165) is 22.8 Å². The van der Waals surface area contributed by atoms with Crippen molar-refractivity contribution < 1.29 is 4.79 Å². The highest BCUT2D eigenvalue weighted by molar-refractivity contribution is 6.09. The summed E-state index contributed by atoms with van der Waals surface area (Å²) in [7, 11) is 0. The van der Waals surface area contributed by atoms with Gasteiger partial charge in [0.2, 0.25) is 0 Å². The standard InChI is InChI=1S/C43H46N4O/c1-27(2)35-11-9-12-36(28(3)4)39(35)46-25-23-44-42(46)33-19-15-31(16-20-33)41(48)32-17-21-34(22-18-32)43-45-24-26-47(43)40-37(29(5)6)13-10-14-38(40)30(7)8/h9-30H,1-8H3.